The van der Waals surface area contributed by atoms with Gasteiger partial charge in [0.05, 0.1) is 0 Å². The highest BCUT2D eigenvalue weighted by Gasteiger charge is 2.14. The molecule has 0 aliphatic rings. The van der Waals surface area contributed by atoms with Crippen LogP contribution in [0.4, 0.5) is 0 Å². The molecule has 0 saturated heterocycles. The summed E-state index contributed by atoms with van der Waals surface area (Å²) < 4.78 is 1.13. The van der Waals surface area contributed by atoms with Gasteiger partial charge in [-0.2, -0.15) is 0 Å². The summed E-state index contributed by atoms with van der Waals surface area (Å²) in [5, 5.41) is 3.65. The minimum Gasteiger partial charge on any atom is -0.309 e. The highest BCUT2D eigenvalue weighted by atomic mass is 79.9. The van der Waals surface area contributed by atoms with Crippen LogP contribution in [-0.4, -0.2) is 31.6 Å². The molecular weight excluding hydrogens is 300 g/mol. The second kappa shape index (κ2) is 8.03. The van der Waals surface area contributed by atoms with Gasteiger partial charge in [0.15, 0.2) is 0 Å². The van der Waals surface area contributed by atoms with Crippen molar-refractivity contribution in [2.24, 2.45) is 5.92 Å². The van der Waals surface area contributed by atoms with Crippen LogP contribution < -0.4 is 5.32 Å². The Hall–Kier alpha value is -0.380. The van der Waals surface area contributed by atoms with Crippen LogP contribution in [0.5, 0.6) is 0 Å². The molecule has 1 aromatic carbocycles. The standard InChI is InChI=1S/C16H27BrN2/c1-12(2)10-16(19(4)5)11-18-13(3)14-6-8-15(17)9-7-14/h6-9,12-13,16,18H,10-11H2,1-5H3. The Morgan fingerprint density at radius 3 is 2.16 bits per heavy atom. The number of halogens is 1. The Kier molecular flexibility index (Phi) is 7.05. The number of benzene rings is 1. The van der Waals surface area contributed by atoms with E-state index >= 15 is 0 Å². The zero-order valence-corrected chi connectivity index (χ0v) is 14.4. The van der Waals surface area contributed by atoms with Crippen molar-refractivity contribution in [1.82, 2.24) is 10.2 Å². The van der Waals surface area contributed by atoms with Crippen LogP contribution in [-0.2, 0) is 0 Å². The summed E-state index contributed by atoms with van der Waals surface area (Å²) in [6.07, 6.45) is 1.23. The van der Waals surface area contributed by atoms with Gasteiger partial charge in [-0.15, -0.1) is 0 Å². The monoisotopic (exact) mass is 326 g/mol. The fourth-order valence-corrected chi connectivity index (χ4v) is 2.47. The van der Waals surface area contributed by atoms with Crippen molar-refractivity contribution < 1.29 is 0 Å². The van der Waals surface area contributed by atoms with Gasteiger partial charge in [0.25, 0.3) is 0 Å². The Labute approximate surface area is 126 Å². The maximum Gasteiger partial charge on any atom is 0.0292 e. The zero-order chi connectivity index (χ0) is 14.4. The van der Waals surface area contributed by atoms with Crippen molar-refractivity contribution in [3.8, 4) is 0 Å². The van der Waals surface area contributed by atoms with Crippen LogP contribution in [0.1, 0.15) is 38.8 Å². The SMILES string of the molecule is CC(C)CC(CNC(C)c1ccc(Br)cc1)N(C)C. The Bertz CT molecular complexity index is 360. The molecule has 0 amide bonds. The van der Waals surface area contributed by atoms with Crippen molar-refractivity contribution in [2.75, 3.05) is 20.6 Å². The molecule has 0 aliphatic carbocycles. The number of hydrogen-bond acceptors (Lipinski definition) is 2. The quantitative estimate of drug-likeness (QED) is 0.812. The van der Waals surface area contributed by atoms with E-state index in [1.807, 2.05) is 0 Å². The fourth-order valence-electron chi connectivity index (χ4n) is 2.20. The molecule has 0 saturated carbocycles. The average Bonchev–Trinajstić information content (AvgIpc) is 2.34. The van der Waals surface area contributed by atoms with Gasteiger partial charge in [0, 0.05) is 23.1 Å². The lowest BCUT2D eigenvalue weighted by atomic mass is 10.0. The molecule has 1 N–H and O–H groups in total. The van der Waals surface area contributed by atoms with E-state index in [-0.39, 0.29) is 0 Å². The van der Waals surface area contributed by atoms with Gasteiger partial charge in [-0.05, 0) is 51.1 Å². The van der Waals surface area contributed by atoms with Crippen LogP contribution in [0.2, 0.25) is 0 Å². The largest absolute Gasteiger partial charge is 0.309 e. The number of nitrogens with zero attached hydrogens (tertiary/aromatic N) is 1. The van der Waals surface area contributed by atoms with Gasteiger partial charge in [-0.1, -0.05) is 41.9 Å². The summed E-state index contributed by atoms with van der Waals surface area (Å²) in [5.41, 5.74) is 1.34. The third kappa shape index (κ3) is 6.07. The molecule has 1 aromatic rings. The zero-order valence-electron chi connectivity index (χ0n) is 12.8. The second-order valence-corrected chi connectivity index (χ2v) is 6.84. The first-order valence-corrected chi connectivity index (χ1v) is 7.84. The summed E-state index contributed by atoms with van der Waals surface area (Å²) in [4.78, 5) is 2.32. The van der Waals surface area contributed by atoms with Crippen LogP contribution in [0, 0.1) is 5.92 Å². The highest BCUT2D eigenvalue weighted by Crippen LogP contribution is 2.17. The van der Waals surface area contributed by atoms with Crippen molar-refractivity contribution in [3.05, 3.63) is 34.3 Å². The topological polar surface area (TPSA) is 15.3 Å². The highest BCUT2D eigenvalue weighted by molar-refractivity contribution is 9.10. The normalized spacial score (nSPS) is 14.9. The lowest BCUT2D eigenvalue weighted by molar-refractivity contribution is 0.242. The molecule has 0 aliphatic heterocycles. The van der Waals surface area contributed by atoms with E-state index < -0.39 is 0 Å². The lowest BCUT2D eigenvalue weighted by Gasteiger charge is -2.28. The van der Waals surface area contributed by atoms with E-state index in [1.54, 1.807) is 0 Å². The van der Waals surface area contributed by atoms with E-state index in [9.17, 15) is 0 Å². The predicted octanol–water partition coefficient (Wildman–Crippen LogP) is 4.08. The van der Waals surface area contributed by atoms with Gasteiger partial charge in [0.2, 0.25) is 0 Å². The van der Waals surface area contributed by atoms with E-state index in [1.165, 1.54) is 12.0 Å². The summed E-state index contributed by atoms with van der Waals surface area (Å²) >= 11 is 3.48. The summed E-state index contributed by atoms with van der Waals surface area (Å²) in [6.45, 7) is 7.83. The van der Waals surface area contributed by atoms with Crippen molar-refractivity contribution in [2.45, 2.75) is 39.3 Å². The van der Waals surface area contributed by atoms with Crippen LogP contribution in [0.15, 0.2) is 28.7 Å². The van der Waals surface area contributed by atoms with Gasteiger partial charge >= 0.3 is 0 Å². The van der Waals surface area contributed by atoms with Crippen molar-refractivity contribution in [1.29, 1.82) is 0 Å². The molecule has 2 atom stereocenters. The number of hydrogen-bond donors (Lipinski definition) is 1. The third-order valence-corrected chi connectivity index (χ3v) is 4.03. The van der Waals surface area contributed by atoms with Gasteiger partial charge < -0.3 is 10.2 Å². The van der Waals surface area contributed by atoms with E-state index in [4.69, 9.17) is 0 Å². The molecule has 0 radical (unpaired) electrons. The first kappa shape index (κ1) is 16.7. The smallest absolute Gasteiger partial charge is 0.0292 e. The number of nitrogens with one attached hydrogen (secondary N) is 1. The third-order valence-electron chi connectivity index (χ3n) is 3.50. The summed E-state index contributed by atoms with van der Waals surface area (Å²) in [7, 11) is 4.33. The summed E-state index contributed by atoms with van der Waals surface area (Å²) in [5.74, 6) is 0.734. The van der Waals surface area contributed by atoms with Crippen LogP contribution in [0.25, 0.3) is 0 Å². The minimum atomic E-state index is 0.391. The van der Waals surface area contributed by atoms with Gasteiger partial charge in [0.1, 0.15) is 0 Å². The number of likely N-dealkylation sites (N-methyl/N-ethyl adjacent to an activating group) is 1. The van der Waals surface area contributed by atoms with E-state index in [0.29, 0.717) is 12.1 Å². The number of rotatable bonds is 7. The van der Waals surface area contributed by atoms with Crippen molar-refractivity contribution >= 4 is 15.9 Å². The van der Waals surface area contributed by atoms with Crippen molar-refractivity contribution in [3.63, 3.8) is 0 Å². The molecule has 0 spiro atoms. The average molecular weight is 327 g/mol. The van der Waals surface area contributed by atoms with Crippen LogP contribution >= 0.6 is 15.9 Å². The molecule has 0 aromatic heterocycles. The molecule has 0 fully saturated rings. The Morgan fingerprint density at radius 1 is 1.11 bits per heavy atom. The maximum atomic E-state index is 3.65. The fraction of sp³-hybridized carbons (Fsp3) is 0.625. The second-order valence-electron chi connectivity index (χ2n) is 5.93. The Morgan fingerprint density at radius 2 is 1.68 bits per heavy atom. The molecule has 108 valence electrons. The minimum absolute atomic E-state index is 0.391. The van der Waals surface area contributed by atoms with Gasteiger partial charge in [-0.25, -0.2) is 0 Å². The predicted molar refractivity (Wildman–Crippen MR) is 87.5 cm³/mol. The molecule has 1 rings (SSSR count). The first-order valence-electron chi connectivity index (χ1n) is 7.05. The molecule has 3 heteroatoms. The maximum absolute atomic E-state index is 3.65. The van der Waals surface area contributed by atoms with Crippen LogP contribution in [0.3, 0.4) is 0 Å². The lowest BCUT2D eigenvalue weighted by Crippen LogP contribution is -2.39. The molecule has 19 heavy (non-hydrogen) atoms. The molecule has 0 heterocycles. The first-order chi connectivity index (χ1) is 8.90. The van der Waals surface area contributed by atoms with Gasteiger partial charge in [-0.3, -0.25) is 0 Å². The molecule has 0 bridgehead atoms. The molecular formula is C16H27BrN2. The molecule has 2 nitrogen and oxygen atoms in total. The van der Waals surface area contributed by atoms with E-state index in [0.717, 1.165) is 16.9 Å². The Balaban J connectivity index is 2.51. The molecule has 2 unspecified atom stereocenters. The van der Waals surface area contributed by atoms with E-state index in [2.05, 4.69) is 85.3 Å². The summed E-state index contributed by atoms with van der Waals surface area (Å²) in [6, 6.07) is 9.54.